The number of carbonyl (C=O) groups is 1. The number of nitrogens with zero attached hydrogens (tertiary/aromatic N) is 1. The lowest BCUT2D eigenvalue weighted by atomic mass is 10.1. The van der Waals surface area contributed by atoms with E-state index in [2.05, 4.69) is 40.1 Å². The summed E-state index contributed by atoms with van der Waals surface area (Å²) >= 11 is 1.78. The predicted octanol–water partition coefficient (Wildman–Crippen LogP) is 9.40. The first-order valence-electron chi connectivity index (χ1n) is 14.7. The zero-order valence-corrected chi connectivity index (χ0v) is 24.7. The van der Waals surface area contributed by atoms with E-state index >= 15 is 0 Å². The number of hydrogen-bond acceptors (Lipinski definition) is 5. The molecule has 2 amide bonds. The second kappa shape index (κ2) is 18.5. The van der Waals surface area contributed by atoms with E-state index in [1.165, 1.54) is 64.2 Å². The summed E-state index contributed by atoms with van der Waals surface area (Å²) in [6.07, 6.45) is 17.7. The number of amides is 2. The van der Waals surface area contributed by atoms with E-state index in [0.717, 1.165) is 36.5 Å². The highest BCUT2D eigenvalue weighted by molar-refractivity contribution is 8.02. The fraction of sp³-hybridized carbons (Fsp3) is 0.531. The number of ether oxygens (including phenoxy) is 2. The average Bonchev–Trinajstić information content (AvgIpc) is 3.45. The van der Waals surface area contributed by atoms with Gasteiger partial charge in [-0.2, -0.15) is 0 Å². The summed E-state index contributed by atoms with van der Waals surface area (Å²) in [6.45, 7) is 3.68. The maximum absolute atomic E-state index is 12.8. The molecule has 2 aromatic rings. The van der Waals surface area contributed by atoms with Gasteiger partial charge in [0.05, 0.1) is 25.3 Å². The largest absolute Gasteiger partial charge is 0.493 e. The Morgan fingerprint density at radius 2 is 1.59 bits per heavy atom. The van der Waals surface area contributed by atoms with Crippen LogP contribution in [0.4, 0.5) is 16.2 Å². The molecule has 0 saturated carbocycles. The van der Waals surface area contributed by atoms with Crippen LogP contribution in [0.15, 0.2) is 54.1 Å². The van der Waals surface area contributed by atoms with Crippen molar-refractivity contribution in [1.29, 1.82) is 0 Å². The molecule has 1 heterocycles. The molecule has 39 heavy (non-hydrogen) atoms. The van der Waals surface area contributed by atoms with Gasteiger partial charge in [-0.25, -0.2) is 4.79 Å². The zero-order valence-electron chi connectivity index (χ0n) is 23.9. The molecule has 3 rings (SSSR count). The number of thioether (sulfide) groups is 1. The molecule has 0 bridgehead atoms. The molecule has 1 aliphatic heterocycles. The topological polar surface area (TPSA) is 62.8 Å². The van der Waals surface area contributed by atoms with Gasteiger partial charge in [0.1, 0.15) is 0 Å². The van der Waals surface area contributed by atoms with E-state index in [1.54, 1.807) is 18.9 Å². The van der Waals surface area contributed by atoms with Crippen LogP contribution in [0.25, 0.3) is 0 Å². The SMILES string of the molecule is CCCCCCCCCCCCCCOc1c(NC(=O)Nc2cccc(CN3C=CSC3)c2)cccc1OC. The Labute approximate surface area is 239 Å². The molecular formula is C32H47N3O3S. The van der Waals surface area contributed by atoms with Crippen molar-refractivity contribution in [2.45, 2.75) is 90.5 Å². The Balaban J connectivity index is 1.38. The third kappa shape index (κ3) is 11.9. The number of urea groups is 1. The van der Waals surface area contributed by atoms with Crippen molar-refractivity contribution in [3.05, 3.63) is 59.6 Å². The van der Waals surface area contributed by atoms with Gasteiger partial charge in [0.2, 0.25) is 0 Å². The van der Waals surface area contributed by atoms with Crippen LogP contribution in [0.2, 0.25) is 0 Å². The number of unbranched alkanes of at least 4 members (excludes halogenated alkanes) is 11. The van der Waals surface area contributed by atoms with Crippen molar-refractivity contribution in [3.63, 3.8) is 0 Å². The number of anilines is 2. The van der Waals surface area contributed by atoms with Crippen LogP contribution < -0.4 is 20.1 Å². The molecule has 1 aliphatic rings. The van der Waals surface area contributed by atoms with E-state index < -0.39 is 0 Å². The van der Waals surface area contributed by atoms with Crippen molar-refractivity contribution >= 4 is 29.2 Å². The second-order valence-electron chi connectivity index (χ2n) is 10.2. The summed E-state index contributed by atoms with van der Waals surface area (Å²) in [5.41, 5.74) is 2.50. The molecule has 214 valence electrons. The molecule has 2 N–H and O–H groups in total. The summed E-state index contributed by atoms with van der Waals surface area (Å²) in [7, 11) is 1.62. The van der Waals surface area contributed by atoms with Crippen LogP contribution >= 0.6 is 11.8 Å². The van der Waals surface area contributed by atoms with Gasteiger partial charge in [-0.15, -0.1) is 11.8 Å². The molecule has 0 saturated heterocycles. The van der Waals surface area contributed by atoms with Gasteiger partial charge in [0, 0.05) is 18.4 Å². The first-order chi connectivity index (χ1) is 19.2. The quantitative estimate of drug-likeness (QED) is 0.170. The van der Waals surface area contributed by atoms with Crippen molar-refractivity contribution in [2.24, 2.45) is 0 Å². The molecular weight excluding hydrogens is 506 g/mol. The fourth-order valence-electron chi connectivity index (χ4n) is 4.72. The van der Waals surface area contributed by atoms with Crippen LogP contribution in [0.3, 0.4) is 0 Å². The first kappa shape index (κ1) is 30.7. The smallest absolute Gasteiger partial charge is 0.323 e. The van der Waals surface area contributed by atoms with Crippen LogP contribution in [0.5, 0.6) is 11.5 Å². The van der Waals surface area contributed by atoms with Crippen LogP contribution in [0, 0.1) is 0 Å². The number of rotatable bonds is 19. The zero-order chi connectivity index (χ0) is 27.5. The van der Waals surface area contributed by atoms with Crippen LogP contribution in [-0.2, 0) is 6.54 Å². The van der Waals surface area contributed by atoms with Crippen molar-refractivity contribution in [2.75, 3.05) is 30.2 Å². The Hall–Kier alpha value is -2.80. The molecule has 0 unspecified atom stereocenters. The molecule has 0 aliphatic carbocycles. The minimum Gasteiger partial charge on any atom is -0.493 e. The molecule has 0 fully saturated rings. The van der Waals surface area contributed by atoms with E-state index in [4.69, 9.17) is 9.47 Å². The lowest BCUT2D eigenvalue weighted by Crippen LogP contribution is -2.20. The minimum atomic E-state index is -0.313. The maximum Gasteiger partial charge on any atom is 0.323 e. The Morgan fingerprint density at radius 3 is 2.26 bits per heavy atom. The third-order valence-electron chi connectivity index (χ3n) is 6.87. The second-order valence-corrected chi connectivity index (χ2v) is 11.0. The Morgan fingerprint density at radius 1 is 0.897 bits per heavy atom. The van der Waals surface area contributed by atoms with Gasteiger partial charge < -0.3 is 25.0 Å². The third-order valence-corrected chi connectivity index (χ3v) is 7.66. The summed E-state index contributed by atoms with van der Waals surface area (Å²) < 4.78 is 11.6. The summed E-state index contributed by atoms with van der Waals surface area (Å²) in [4.78, 5) is 15.1. The Bertz CT molecular complexity index is 1010. The van der Waals surface area contributed by atoms with E-state index in [-0.39, 0.29) is 6.03 Å². The molecule has 6 nitrogen and oxygen atoms in total. The fourth-order valence-corrected chi connectivity index (χ4v) is 5.43. The van der Waals surface area contributed by atoms with E-state index in [9.17, 15) is 4.79 Å². The molecule has 7 heteroatoms. The van der Waals surface area contributed by atoms with Gasteiger partial charge in [-0.1, -0.05) is 95.8 Å². The van der Waals surface area contributed by atoms with Gasteiger partial charge in [-0.05, 0) is 41.7 Å². The normalized spacial score (nSPS) is 12.5. The highest BCUT2D eigenvalue weighted by Gasteiger charge is 2.14. The number of carbonyl (C=O) groups excluding carboxylic acids is 1. The average molecular weight is 554 g/mol. The number of nitrogens with one attached hydrogen (secondary N) is 2. The molecule has 2 aromatic carbocycles. The van der Waals surface area contributed by atoms with Crippen LogP contribution in [0.1, 0.15) is 89.5 Å². The molecule has 0 atom stereocenters. The molecule has 0 spiro atoms. The molecule has 0 radical (unpaired) electrons. The number of hydrogen-bond donors (Lipinski definition) is 2. The van der Waals surface area contributed by atoms with Gasteiger partial charge in [0.25, 0.3) is 0 Å². The number of para-hydroxylation sites is 1. The lowest BCUT2D eigenvalue weighted by molar-refractivity contribution is 0.261. The first-order valence-corrected chi connectivity index (χ1v) is 15.7. The van der Waals surface area contributed by atoms with E-state index in [0.29, 0.717) is 23.8 Å². The van der Waals surface area contributed by atoms with Gasteiger partial charge >= 0.3 is 6.03 Å². The van der Waals surface area contributed by atoms with Crippen molar-refractivity contribution in [3.8, 4) is 11.5 Å². The van der Waals surface area contributed by atoms with Gasteiger partial charge in [-0.3, -0.25) is 0 Å². The number of methoxy groups -OCH3 is 1. The maximum atomic E-state index is 12.8. The minimum absolute atomic E-state index is 0.313. The van der Waals surface area contributed by atoms with Crippen LogP contribution in [-0.4, -0.2) is 30.5 Å². The summed E-state index contributed by atoms with van der Waals surface area (Å²) in [5.74, 6) is 2.14. The monoisotopic (exact) mass is 553 g/mol. The standard InChI is InChI=1S/C32H47N3O3S/c1-3-4-5-6-7-8-9-10-11-12-13-14-22-38-31-29(19-16-20-30(31)37-2)34-32(36)33-28-18-15-17-27(24-28)25-35-21-23-39-26-35/h15-21,23-24H,3-14,22,25-26H2,1-2H3,(H2,33,34,36). The summed E-state index contributed by atoms with van der Waals surface area (Å²) in [5, 5.41) is 7.99. The lowest BCUT2D eigenvalue weighted by Gasteiger charge is -2.17. The van der Waals surface area contributed by atoms with Gasteiger partial charge in [0.15, 0.2) is 11.5 Å². The summed E-state index contributed by atoms with van der Waals surface area (Å²) in [6, 6.07) is 13.2. The highest BCUT2D eigenvalue weighted by atomic mass is 32.2. The number of benzene rings is 2. The highest BCUT2D eigenvalue weighted by Crippen LogP contribution is 2.35. The van der Waals surface area contributed by atoms with Crippen molar-refractivity contribution in [1.82, 2.24) is 4.90 Å². The van der Waals surface area contributed by atoms with E-state index in [1.807, 2.05) is 36.4 Å². The molecule has 0 aromatic heterocycles. The Kier molecular flexibility index (Phi) is 14.6. The van der Waals surface area contributed by atoms with Crippen molar-refractivity contribution < 1.29 is 14.3 Å². The predicted molar refractivity (Wildman–Crippen MR) is 166 cm³/mol.